The lowest BCUT2D eigenvalue weighted by atomic mass is 10.0. The minimum atomic E-state index is -0.744. The Morgan fingerprint density at radius 3 is 2.43 bits per heavy atom. The number of nitrogens with zero attached hydrogens (tertiary/aromatic N) is 1. The van der Waals surface area contributed by atoms with Crippen molar-refractivity contribution in [3.63, 3.8) is 0 Å². The van der Waals surface area contributed by atoms with Crippen molar-refractivity contribution in [2.45, 2.75) is 32.9 Å². The van der Waals surface area contributed by atoms with Crippen LogP contribution in [0.15, 0.2) is 42.5 Å². The van der Waals surface area contributed by atoms with Gasteiger partial charge in [0, 0.05) is 6.54 Å². The highest BCUT2D eigenvalue weighted by molar-refractivity contribution is 5.83. The summed E-state index contributed by atoms with van der Waals surface area (Å²) in [5.74, 6) is -0.378. The van der Waals surface area contributed by atoms with E-state index in [0.717, 1.165) is 5.56 Å². The number of fused-ring (bicyclic) bond motifs is 1. The maximum Gasteiger partial charge on any atom is 0.320 e. The highest BCUT2D eigenvalue weighted by Gasteiger charge is 2.23. The van der Waals surface area contributed by atoms with Crippen LogP contribution in [-0.4, -0.2) is 29.1 Å². The minimum absolute atomic E-state index is 0.366. The van der Waals surface area contributed by atoms with Gasteiger partial charge in [-0.3, -0.25) is 9.69 Å². The third-order valence-corrected chi connectivity index (χ3v) is 3.76. The molecule has 0 spiro atoms. The molecule has 0 unspecified atom stereocenters. The molecular weight excluding hydrogens is 262 g/mol. The van der Waals surface area contributed by atoms with Gasteiger partial charge in [-0.15, -0.1) is 0 Å². The Hall–Kier alpha value is -1.87. The Morgan fingerprint density at radius 1 is 1.14 bits per heavy atom. The molecule has 0 bridgehead atoms. The zero-order valence-electron chi connectivity index (χ0n) is 12.9. The van der Waals surface area contributed by atoms with Gasteiger partial charge in [0.2, 0.25) is 0 Å². The van der Waals surface area contributed by atoms with E-state index >= 15 is 0 Å². The molecule has 3 nitrogen and oxygen atoms in total. The first kappa shape index (κ1) is 15.5. The maximum absolute atomic E-state index is 11.4. The van der Waals surface area contributed by atoms with E-state index in [1.165, 1.54) is 10.8 Å². The summed E-state index contributed by atoms with van der Waals surface area (Å²) < 4.78 is 0. The standard InChI is InChI=1S/C18H23NO2/c1-13(2)10-17(18(20)21)19(3)12-14-8-9-15-6-4-5-7-16(15)11-14/h4-9,11,13,17H,10,12H2,1-3H3,(H,20,21)/t17-/m0/s1. The van der Waals surface area contributed by atoms with Gasteiger partial charge in [-0.2, -0.15) is 0 Å². The summed E-state index contributed by atoms with van der Waals surface area (Å²) in [4.78, 5) is 13.4. The molecule has 0 aliphatic heterocycles. The number of hydrogen-bond acceptors (Lipinski definition) is 2. The average molecular weight is 285 g/mol. The molecule has 3 heteroatoms. The molecule has 0 aromatic heterocycles. The molecule has 1 N–H and O–H groups in total. The van der Waals surface area contributed by atoms with Gasteiger partial charge in [0.05, 0.1) is 0 Å². The number of carbonyl (C=O) groups is 1. The average Bonchev–Trinajstić information content (AvgIpc) is 2.44. The van der Waals surface area contributed by atoms with Crippen LogP contribution >= 0.6 is 0 Å². The lowest BCUT2D eigenvalue weighted by Gasteiger charge is -2.26. The molecule has 1 atom stereocenters. The first-order chi connectivity index (χ1) is 9.97. The number of benzene rings is 2. The molecule has 0 aliphatic carbocycles. The van der Waals surface area contributed by atoms with Crippen molar-refractivity contribution in [3.05, 3.63) is 48.0 Å². The third-order valence-electron chi connectivity index (χ3n) is 3.76. The molecule has 2 rings (SSSR count). The van der Waals surface area contributed by atoms with Gasteiger partial charge < -0.3 is 5.11 Å². The van der Waals surface area contributed by atoms with Crippen LogP contribution in [0.3, 0.4) is 0 Å². The minimum Gasteiger partial charge on any atom is -0.480 e. The smallest absolute Gasteiger partial charge is 0.320 e. The van der Waals surface area contributed by atoms with E-state index in [-0.39, 0.29) is 0 Å². The van der Waals surface area contributed by atoms with Gasteiger partial charge in [-0.05, 0) is 41.8 Å². The number of carboxylic acid groups (broad SMARTS) is 1. The van der Waals surface area contributed by atoms with Crippen LogP contribution in [0.5, 0.6) is 0 Å². The lowest BCUT2D eigenvalue weighted by molar-refractivity contribution is -0.143. The van der Waals surface area contributed by atoms with Gasteiger partial charge >= 0.3 is 5.97 Å². The van der Waals surface area contributed by atoms with Crippen molar-refractivity contribution >= 4 is 16.7 Å². The van der Waals surface area contributed by atoms with Crippen LogP contribution in [0.4, 0.5) is 0 Å². The van der Waals surface area contributed by atoms with Crippen LogP contribution in [0, 0.1) is 5.92 Å². The fraction of sp³-hybridized carbons (Fsp3) is 0.389. The number of aliphatic carboxylic acids is 1. The van der Waals surface area contributed by atoms with Gasteiger partial charge in [0.1, 0.15) is 6.04 Å². The van der Waals surface area contributed by atoms with Crippen molar-refractivity contribution < 1.29 is 9.90 Å². The number of rotatable bonds is 6. The number of hydrogen-bond donors (Lipinski definition) is 1. The molecule has 0 radical (unpaired) electrons. The predicted molar refractivity (Wildman–Crippen MR) is 86.3 cm³/mol. The summed E-state index contributed by atoms with van der Waals surface area (Å²) in [6.07, 6.45) is 0.666. The predicted octanol–water partition coefficient (Wildman–Crippen LogP) is 3.77. The summed E-state index contributed by atoms with van der Waals surface area (Å²) in [6.45, 7) is 4.76. The second-order valence-electron chi connectivity index (χ2n) is 6.08. The molecule has 0 saturated carbocycles. The first-order valence-electron chi connectivity index (χ1n) is 7.38. The maximum atomic E-state index is 11.4. The van der Waals surface area contributed by atoms with Crippen LogP contribution in [0.1, 0.15) is 25.8 Å². The molecule has 0 amide bonds. The van der Waals surface area contributed by atoms with Crippen LogP contribution in [-0.2, 0) is 11.3 Å². The van der Waals surface area contributed by atoms with E-state index in [9.17, 15) is 9.90 Å². The van der Waals surface area contributed by atoms with E-state index in [1.54, 1.807) is 0 Å². The van der Waals surface area contributed by atoms with E-state index < -0.39 is 12.0 Å². The molecule has 21 heavy (non-hydrogen) atoms. The molecule has 0 heterocycles. The SMILES string of the molecule is CC(C)C[C@@H](C(=O)O)N(C)Cc1ccc2ccccc2c1. The van der Waals surface area contributed by atoms with E-state index in [0.29, 0.717) is 18.9 Å². The summed E-state index contributed by atoms with van der Waals surface area (Å²) in [6, 6.07) is 14.1. The Kier molecular flexibility index (Phi) is 4.97. The molecule has 112 valence electrons. The van der Waals surface area contributed by atoms with E-state index in [2.05, 4.69) is 44.2 Å². The van der Waals surface area contributed by atoms with Crippen LogP contribution in [0.2, 0.25) is 0 Å². The molecule has 0 aliphatic rings. The molecule has 0 fully saturated rings. The van der Waals surface area contributed by atoms with Gasteiger partial charge in [0.25, 0.3) is 0 Å². The van der Waals surface area contributed by atoms with Crippen molar-refractivity contribution in [1.82, 2.24) is 4.90 Å². The monoisotopic (exact) mass is 285 g/mol. The molecular formula is C18H23NO2. The van der Waals surface area contributed by atoms with Crippen LogP contribution in [0.25, 0.3) is 10.8 Å². The quantitative estimate of drug-likeness (QED) is 0.878. The molecule has 2 aromatic carbocycles. The largest absolute Gasteiger partial charge is 0.480 e. The van der Waals surface area contributed by atoms with Crippen molar-refractivity contribution in [3.8, 4) is 0 Å². The zero-order chi connectivity index (χ0) is 15.4. The van der Waals surface area contributed by atoms with E-state index in [4.69, 9.17) is 0 Å². The second kappa shape index (κ2) is 6.72. The Bertz CT molecular complexity index is 621. The normalized spacial score (nSPS) is 13.0. The summed E-state index contributed by atoms with van der Waals surface area (Å²) in [5.41, 5.74) is 1.14. The van der Waals surface area contributed by atoms with Gasteiger partial charge in [-0.1, -0.05) is 50.2 Å². The highest BCUT2D eigenvalue weighted by Crippen LogP contribution is 2.18. The summed E-state index contributed by atoms with van der Waals surface area (Å²) >= 11 is 0. The van der Waals surface area contributed by atoms with Crippen molar-refractivity contribution in [2.24, 2.45) is 5.92 Å². The third kappa shape index (κ3) is 4.05. The fourth-order valence-corrected chi connectivity index (χ4v) is 2.65. The summed E-state index contributed by atoms with van der Waals surface area (Å²) in [7, 11) is 1.89. The second-order valence-corrected chi connectivity index (χ2v) is 6.08. The Balaban J connectivity index is 2.15. The van der Waals surface area contributed by atoms with Crippen molar-refractivity contribution in [1.29, 1.82) is 0 Å². The first-order valence-corrected chi connectivity index (χ1v) is 7.38. The molecule has 2 aromatic rings. The van der Waals surface area contributed by atoms with Crippen LogP contribution < -0.4 is 0 Å². The Morgan fingerprint density at radius 2 is 1.81 bits per heavy atom. The Labute approximate surface area is 126 Å². The summed E-state index contributed by atoms with van der Waals surface area (Å²) in [5, 5.41) is 11.8. The number of likely N-dealkylation sites (N-methyl/N-ethyl adjacent to an activating group) is 1. The molecule has 0 saturated heterocycles. The van der Waals surface area contributed by atoms with E-state index in [1.807, 2.05) is 24.1 Å². The highest BCUT2D eigenvalue weighted by atomic mass is 16.4. The van der Waals surface area contributed by atoms with Gasteiger partial charge in [-0.25, -0.2) is 0 Å². The topological polar surface area (TPSA) is 40.5 Å². The van der Waals surface area contributed by atoms with Crippen molar-refractivity contribution in [2.75, 3.05) is 7.05 Å². The fourth-order valence-electron chi connectivity index (χ4n) is 2.65. The number of carboxylic acids is 1. The van der Waals surface area contributed by atoms with Gasteiger partial charge in [0.15, 0.2) is 0 Å². The zero-order valence-corrected chi connectivity index (χ0v) is 12.9. The lowest BCUT2D eigenvalue weighted by Crippen LogP contribution is -2.39.